The third-order valence-electron chi connectivity index (χ3n) is 3.89. The highest BCUT2D eigenvalue weighted by Crippen LogP contribution is 2.39. The molecule has 140 valence electrons. The Bertz CT molecular complexity index is 380. The standard InChI is InChI=1S/C15H28N2O5S2/c18-9-15(10-19,11-20)17-14(22)5-7-16-13(21)4-2-1-3-12-6-8-23-24-12/h12,18-20H,1-11H2,(H,16,21)(H,17,22). The molecular formula is C15H28N2O5S2. The van der Waals surface area contributed by atoms with Gasteiger partial charge in [0.2, 0.25) is 11.8 Å². The zero-order valence-corrected chi connectivity index (χ0v) is 15.5. The zero-order chi connectivity index (χ0) is 17.8. The summed E-state index contributed by atoms with van der Waals surface area (Å²) in [5.74, 6) is 0.708. The van der Waals surface area contributed by atoms with Crippen molar-refractivity contribution in [1.29, 1.82) is 0 Å². The maximum Gasteiger partial charge on any atom is 0.222 e. The lowest BCUT2D eigenvalue weighted by atomic mass is 10.0. The molecule has 0 aromatic carbocycles. The van der Waals surface area contributed by atoms with Crippen molar-refractivity contribution in [3.63, 3.8) is 0 Å². The molecule has 1 aliphatic heterocycles. The van der Waals surface area contributed by atoms with Gasteiger partial charge in [-0.3, -0.25) is 9.59 Å². The van der Waals surface area contributed by atoms with Gasteiger partial charge in [0, 0.05) is 30.4 Å². The largest absolute Gasteiger partial charge is 0.394 e. The SMILES string of the molecule is O=C(CCCCC1CCSS1)NCCC(=O)NC(CO)(CO)CO. The van der Waals surface area contributed by atoms with Crippen molar-refractivity contribution in [1.82, 2.24) is 10.6 Å². The van der Waals surface area contributed by atoms with Crippen molar-refractivity contribution in [2.24, 2.45) is 0 Å². The van der Waals surface area contributed by atoms with Crippen LogP contribution in [0.2, 0.25) is 0 Å². The van der Waals surface area contributed by atoms with E-state index in [2.05, 4.69) is 10.6 Å². The number of unbranched alkanes of at least 4 members (excludes halogenated alkanes) is 1. The number of aliphatic hydroxyl groups is 3. The maximum atomic E-state index is 11.7. The van der Waals surface area contributed by atoms with Gasteiger partial charge in [-0.05, 0) is 19.3 Å². The fourth-order valence-corrected chi connectivity index (χ4v) is 5.28. The molecule has 5 N–H and O–H groups in total. The molecular weight excluding hydrogens is 352 g/mol. The van der Waals surface area contributed by atoms with Gasteiger partial charge < -0.3 is 26.0 Å². The molecule has 0 bridgehead atoms. The minimum atomic E-state index is -1.42. The highest BCUT2D eigenvalue weighted by atomic mass is 33.1. The summed E-state index contributed by atoms with van der Waals surface area (Å²) in [6.45, 7) is -1.49. The van der Waals surface area contributed by atoms with Crippen LogP contribution in [-0.4, -0.2) is 70.0 Å². The lowest BCUT2D eigenvalue weighted by Gasteiger charge is -2.28. The second-order valence-corrected chi connectivity index (χ2v) is 8.76. The van der Waals surface area contributed by atoms with E-state index in [1.54, 1.807) is 0 Å². The number of hydrogen-bond donors (Lipinski definition) is 5. The fraction of sp³-hybridized carbons (Fsp3) is 0.867. The highest BCUT2D eigenvalue weighted by Gasteiger charge is 2.29. The van der Waals surface area contributed by atoms with E-state index in [1.807, 2.05) is 21.6 Å². The minimum Gasteiger partial charge on any atom is -0.394 e. The molecule has 0 saturated carbocycles. The first-order chi connectivity index (χ1) is 11.5. The van der Waals surface area contributed by atoms with E-state index in [0.717, 1.165) is 24.5 Å². The van der Waals surface area contributed by atoms with E-state index in [1.165, 1.54) is 12.2 Å². The van der Waals surface area contributed by atoms with E-state index in [-0.39, 0.29) is 18.9 Å². The predicted molar refractivity (Wildman–Crippen MR) is 96.7 cm³/mol. The summed E-state index contributed by atoms with van der Waals surface area (Å²) in [5.41, 5.74) is -1.42. The summed E-state index contributed by atoms with van der Waals surface area (Å²) in [5, 5.41) is 33.2. The summed E-state index contributed by atoms with van der Waals surface area (Å²) < 4.78 is 0. The summed E-state index contributed by atoms with van der Waals surface area (Å²) in [7, 11) is 3.87. The van der Waals surface area contributed by atoms with Gasteiger partial charge in [-0.15, -0.1) is 0 Å². The third-order valence-corrected chi connectivity index (χ3v) is 6.90. The molecule has 1 aliphatic rings. The maximum absolute atomic E-state index is 11.7. The van der Waals surface area contributed by atoms with Crippen LogP contribution < -0.4 is 10.6 Å². The molecule has 1 fully saturated rings. The first-order valence-electron chi connectivity index (χ1n) is 8.24. The van der Waals surface area contributed by atoms with Gasteiger partial charge in [0.1, 0.15) is 5.54 Å². The molecule has 1 saturated heterocycles. The van der Waals surface area contributed by atoms with Crippen molar-refractivity contribution in [3.05, 3.63) is 0 Å². The van der Waals surface area contributed by atoms with Crippen LogP contribution in [-0.2, 0) is 9.59 Å². The molecule has 0 radical (unpaired) electrons. The smallest absolute Gasteiger partial charge is 0.222 e. The Morgan fingerprint density at radius 1 is 1.04 bits per heavy atom. The number of amides is 2. The van der Waals surface area contributed by atoms with Crippen molar-refractivity contribution < 1.29 is 24.9 Å². The van der Waals surface area contributed by atoms with Crippen molar-refractivity contribution >= 4 is 33.4 Å². The molecule has 1 atom stereocenters. The molecule has 0 aromatic rings. The van der Waals surface area contributed by atoms with Gasteiger partial charge in [0.25, 0.3) is 0 Å². The van der Waals surface area contributed by atoms with Crippen LogP contribution in [0.5, 0.6) is 0 Å². The van der Waals surface area contributed by atoms with Crippen LogP contribution in [0.1, 0.15) is 38.5 Å². The van der Waals surface area contributed by atoms with E-state index in [9.17, 15) is 9.59 Å². The first kappa shape index (κ1) is 21.6. The van der Waals surface area contributed by atoms with E-state index in [0.29, 0.717) is 6.42 Å². The highest BCUT2D eigenvalue weighted by molar-refractivity contribution is 8.77. The van der Waals surface area contributed by atoms with Crippen molar-refractivity contribution in [2.75, 3.05) is 32.1 Å². The van der Waals surface area contributed by atoms with Gasteiger partial charge in [-0.25, -0.2) is 0 Å². The normalized spacial score (nSPS) is 17.7. The predicted octanol–water partition coefficient (Wildman–Crippen LogP) is 0.0387. The average Bonchev–Trinajstić information content (AvgIpc) is 3.10. The summed E-state index contributed by atoms with van der Waals surface area (Å²) in [6, 6.07) is 0. The van der Waals surface area contributed by atoms with Crippen LogP contribution in [0.3, 0.4) is 0 Å². The molecule has 0 spiro atoms. The second-order valence-electron chi connectivity index (χ2n) is 5.98. The van der Waals surface area contributed by atoms with E-state index in [4.69, 9.17) is 15.3 Å². The Labute approximate surface area is 150 Å². The molecule has 0 aliphatic carbocycles. The molecule has 24 heavy (non-hydrogen) atoms. The third kappa shape index (κ3) is 8.06. The van der Waals surface area contributed by atoms with Gasteiger partial charge >= 0.3 is 0 Å². The number of hydrogen-bond acceptors (Lipinski definition) is 7. The average molecular weight is 381 g/mol. The Morgan fingerprint density at radius 2 is 1.75 bits per heavy atom. The molecule has 9 heteroatoms. The van der Waals surface area contributed by atoms with Crippen molar-refractivity contribution in [2.45, 2.75) is 49.3 Å². The molecule has 0 aromatic heterocycles. The summed E-state index contributed by atoms with van der Waals surface area (Å²) in [4.78, 5) is 23.4. The number of nitrogens with one attached hydrogen (secondary N) is 2. The molecule has 1 heterocycles. The zero-order valence-electron chi connectivity index (χ0n) is 13.8. The van der Waals surface area contributed by atoms with Gasteiger partial charge in [0.15, 0.2) is 0 Å². The molecule has 1 rings (SSSR count). The Morgan fingerprint density at radius 3 is 2.33 bits per heavy atom. The Balaban J connectivity index is 2.08. The first-order valence-corrected chi connectivity index (χ1v) is 10.6. The number of aliphatic hydroxyl groups excluding tert-OH is 3. The van der Waals surface area contributed by atoms with Crippen LogP contribution in [0.25, 0.3) is 0 Å². The molecule has 1 unspecified atom stereocenters. The van der Waals surface area contributed by atoms with Gasteiger partial charge in [0.05, 0.1) is 19.8 Å². The minimum absolute atomic E-state index is 0.0312. The molecule has 7 nitrogen and oxygen atoms in total. The quantitative estimate of drug-likeness (QED) is 0.240. The topological polar surface area (TPSA) is 119 Å². The summed E-state index contributed by atoms with van der Waals surface area (Å²) >= 11 is 0. The lowest BCUT2D eigenvalue weighted by molar-refractivity contribution is -0.125. The second kappa shape index (κ2) is 12.0. The van der Waals surface area contributed by atoms with Gasteiger partial charge in [-0.1, -0.05) is 28.0 Å². The number of rotatable bonds is 12. The lowest BCUT2D eigenvalue weighted by Crippen LogP contribution is -2.57. The van der Waals surface area contributed by atoms with Crippen LogP contribution >= 0.6 is 21.6 Å². The van der Waals surface area contributed by atoms with Crippen LogP contribution in [0.4, 0.5) is 0 Å². The number of carbonyl (C=O) groups is 2. The Kier molecular flexibility index (Phi) is 10.8. The molecule has 2 amide bonds. The van der Waals surface area contributed by atoms with Crippen LogP contribution in [0.15, 0.2) is 0 Å². The van der Waals surface area contributed by atoms with E-state index >= 15 is 0 Å². The van der Waals surface area contributed by atoms with Crippen molar-refractivity contribution in [3.8, 4) is 0 Å². The fourth-order valence-electron chi connectivity index (χ4n) is 2.25. The summed E-state index contributed by atoms with van der Waals surface area (Å²) in [6.07, 6.45) is 4.79. The number of carbonyl (C=O) groups excluding carboxylic acids is 2. The van der Waals surface area contributed by atoms with Crippen LogP contribution in [0, 0.1) is 0 Å². The Hall–Kier alpha value is -0.480. The monoisotopic (exact) mass is 380 g/mol. The van der Waals surface area contributed by atoms with Gasteiger partial charge in [-0.2, -0.15) is 0 Å². The van der Waals surface area contributed by atoms with E-state index < -0.39 is 31.3 Å².